The third-order valence-corrected chi connectivity index (χ3v) is 1.77. The zero-order chi connectivity index (χ0) is 13.5. The van der Waals surface area contributed by atoms with Crippen molar-refractivity contribution in [3.05, 3.63) is 16.3 Å². The number of nitro groups is 1. The maximum atomic E-state index is 10.7. The summed E-state index contributed by atoms with van der Waals surface area (Å²) in [6, 6.07) is 0. The number of nitrogens with zero attached hydrogens (tertiary/aromatic N) is 3. The standard InChI is InChI=1S/C8H12N6O4/c9-6(15)4-18-2-1-11-7-5(14(16)17)3-12-8(10)13-7/h3H,1-2,4H2,(H2,9,15)(H3,10,11,12,13). The first-order chi connectivity index (χ1) is 8.50. The van der Waals surface area contributed by atoms with Gasteiger partial charge in [0.15, 0.2) is 0 Å². The molecule has 1 rings (SSSR count). The molecule has 10 heteroatoms. The van der Waals surface area contributed by atoms with Crippen molar-refractivity contribution in [2.24, 2.45) is 5.73 Å². The number of anilines is 2. The van der Waals surface area contributed by atoms with Gasteiger partial charge in [-0.1, -0.05) is 0 Å². The van der Waals surface area contributed by atoms with E-state index in [2.05, 4.69) is 15.3 Å². The van der Waals surface area contributed by atoms with Crippen LogP contribution in [0, 0.1) is 10.1 Å². The maximum Gasteiger partial charge on any atom is 0.329 e. The number of rotatable bonds is 7. The molecule has 0 atom stereocenters. The highest BCUT2D eigenvalue weighted by atomic mass is 16.6. The van der Waals surface area contributed by atoms with Crippen molar-refractivity contribution in [3.8, 4) is 0 Å². The van der Waals surface area contributed by atoms with Gasteiger partial charge < -0.3 is 21.5 Å². The number of primary amides is 1. The van der Waals surface area contributed by atoms with E-state index in [1.54, 1.807) is 0 Å². The number of nitrogen functional groups attached to an aromatic ring is 1. The van der Waals surface area contributed by atoms with Gasteiger partial charge in [0.2, 0.25) is 17.7 Å². The van der Waals surface area contributed by atoms with Gasteiger partial charge in [-0.05, 0) is 0 Å². The topological polar surface area (TPSA) is 159 Å². The number of nitrogens with one attached hydrogen (secondary N) is 1. The minimum Gasteiger partial charge on any atom is -0.370 e. The summed E-state index contributed by atoms with van der Waals surface area (Å²) in [5.41, 5.74) is 9.89. The molecule has 1 aromatic rings. The highest BCUT2D eigenvalue weighted by Gasteiger charge is 2.15. The highest BCUT2D eigenvalue weighted by Crippen LogP contribution is 2.20. The zero-order valence-corrected chi connectivity index (χ0v) is 9.33. The summed E-state index contributed by atoms with van der Waals surface area (Å²) in [6.07, 6.45) is 1.01. The van der Waals surface area contributed by atoms with Crippen molar-refractivity contribution < 1.29 is 14.5 Å². The van der Waals surface area contributed by atoms with E-state index < -0.39 is 10.8 Å². The lowest BCUT2D eigenvalue weighted by molar-refractivity contribution is -0.384. The Morgan fingerprint density at radius 3 is 2.94 bits per heavy atom. The molecule has 0 saturated heterocycles. The molecule has 0 aliphatic rings. The van der Waals surface area contributed by atoms with E-state index in [9.17, 15) is 14.9 Å². The smallest absolute Gasteiger partial charge is 0.329 e. The lowest BCUT2D eigenvalue weighted by Gasteiger charge is -2.06. The van der Waals surface area contributed by atoms with Crippen LogP contribution in [0.4, 0.5) is 17.5 Å². The molecular formula is C8H12N6O4. The maximum absolute atomic E-state index is 10.7. The van der Waals surface area contributed by atoms with Crippen LogP contribution in [0.5, 0.6) is 0 Å². The monoisotopic (exact) mass is 256 g/mol. The van der Waals surface area contributed by atoms with E-state index in [1.807, 2.05) is 0 Å². The first-order valence-electron chi connectivity index (χ1n) is 4.87. The van der Waals surface area contributed by atoms with Gasteiger partial charge in [0.1, 0.15) is 12.8 Å². The molecule has 10 nitrogen and oxygen atoms in total. The fraction of sp³-hybridized carbons (Fsp3) is 0.375. The lowest BCUT2D eigenvalue weighted by atomic mass is 10.4. The summed E-state index contributed by atoms with van der Waals surface area (Å²) in [5, 5.41) is 13.3. The molecule has 98 valence electrons. The first-order valence-corrected chi connectivity index (χ1v) is 4.87. The third-order valence-electron chi connectivity index (χ3n) is 1.77. The molecule has 0 aliphatic carbocycles. The number of carbonyl (C=O) groups excluding carboxylic acids is 1. The van der Waals surface area contributed by atoms with Crippen LogP contribution in [0.25, 0.3) is 0 Å². The van der Waals surface area contributed by atoms with Gasteiger partial charge in [0.25, 0.3) is 0 Å². The number of hydrogen-bond acceptors (Lipinski definition) is 8. The van der Waals surface area contributed by atoms with Gasteiger partial charge in [-0.15, -0.1) is 0 Å². The second kappa shape index (κ2) is 6.30. The van der Waals surface area contributed by atoms with Crippen LogP contribution < -0.4 is 16.8 Å². The molecule has 1 amide bonds. The van der Waals surface area contributed by atoms with Crippen LogP contribution in [0.3, 0.4) is 0 Å². The second-order valence-corrected chi connectivity index (χ2v) is 3.16. The van der Waals surface area contributed by atoms with E-state index in [1.165, 1.54) is 0 Å². The van der Waals surface area contributed by atoms with E-state index in [0.717, 1.165) is 6.20 Å². The van der Waals surface area contributed by atoms with Gasteiger partial charge in [-0.2, -0.15) is 4.98 Å². The summed E-state index contributed by atoms with van der Waals surface area (Å²) >= 11 is 0. The van der Waals surface area contributed by atoms with Crippen LogP contribution in [0.15, 0.2) is 6.20 Å². The van der Waals surface area contributed by atoms with Gasteiger partial charge in [0.05, 0.1) is 11.5 Å². The summed E-state index contributed by atoms with van der Waals surface area (Å²) in [4.78, 5) is 27.6. The van der Waals surface area contributed by atoms with Gasteiger partial charge in [-0.25, -0.2) is 4.98 Å². The molecule has 0 spiro atoms. The van der Waals surface area contributed by atoms with E-state index >= 15 is 0 Å². The number of nitrogens with two attached hydrogens (primary N) is 2. The van der Waals surface area contributed by atoms with Crippen LogP contribution in [0.2, 0.25) is 0 Å². The minimum atomic E-state index is -0.633. The predicted molar refractivity (Wildman–Crippen MR) is 61.6 cm³/mol. The van der Waals surface area contributed by atoms with E-state index in [0.29, 0.717) is 0 Å². The Labute approximate surface area is 101 Å². The van der Waals surface area contributed by atoms with Crippen molar-refractivity contribution >= 4 is 23.4 Å². The molecule has 5 N–H and O–H groups in total. The molecule has 0 aromatic carbocycles. The Balaban J connectivity index is 2.53. The molecule has 18 heavy (non-hydrogen) atoms. The average Bonchev–Trinajstić information content (AvgIpc) is 2.27. The Kier molecular flexibility index (Phi) is 4.75. The Morgan fingerprint density at radius 1 is 1.61 bits per heavy atom. The van der Waals surface area contributed by atoms with Crippen LogP contribution >= 0.6 is 0 Å². The Morgan fingerprint density at radius 2 is 2.33 bits per heavy atom. The van der Waals surface area contributed by atoms with Crippen molar-refractivity contribution in [2.45, 2.75) is 0 Å². The normalized spacial score (nSPS) is 10.0. The Hall–Kier alpha value is -2.49. The SMILES string of the molecule is NC(=O)COCCNc1nc(N)ncc1[N+](=O)[O-]. The molecule has 0 fully saturated rings. The molecule has 0 saturated carbocycles. The fourth-order valence-electron chi connectivity index (χ4n) is 1.07. The average molecular weight is 256 g/mol. The number of amides is 1. The molecule has 1 aromatic heterocycles. The first kappa shape index (κ1) is 13.6. The summed E-state index contributed by atoms with van der Waals surface area (Å²) in [5.74, 6) is -0.677. The van der Waals surface area contributed by atoms with E-state index in [-0.39, 0.29) is 37.2 Å². The number of carbonyl (C=O) groups is 1. The summed E-state index contributed by atoms with van der Waals surface area (Å²) < 4.78 is 4.87. The lowest BCUT2D eigenvalue weighted by Crippen LogP contribution is -2.21. The van der Waals surface area contributed by atoms with Crippen molar-refractivity contribution in [3.63, 3.8) is 0 Å². The fourth-order valence-corrected chi connectivity index (χ4v) is 1.07. The molecular weight excluding hydrogens is 244 g/mol. The highest BCUT2D eigenvalue weighted by molar-refractivity contribution is 5.74. The Bertz CT molecular complexity index is 451. The molecule has 0 unspecified atom stereocenters. The molecule has 1 heterocycles. The zero-order valence-electron chi connectivity index (χ0n) is 9.33. The van der Waals surface area contributed by atoms with E-state index in [4.69, 9.17) is 16.2 Å². The number of hydrogen-bond donors (Lipinski definition) is 3. The van der Waals surface area contributed by atoms with Gasteiger partial charge in [0, 0.05) is 6.54 Å². The minimum absolute atomic E-state index is 0.00447. The van der Waals surface area contributed by atoms with Gasteiger partial charge >= 0.3 is 5.69 Å². The quantitative estimate of drug-likeness (QED) is 0.314. The van der Waals surface area contributed by atoms with Crippen LogP contribution in [0.1, 0.15) is 0 Å². The third kappa shape index (κ3) is 4.17. The summed E-state index contributed by atoms with van der Waals surface area (Å²) in [6.45, 7) is 0.143. The van der Waals surface area contributed by atoms with Crippen LogP contribution in [-0.4, -0.2) is 40.6 Å². The van der Waals surface area contributed by atoms with Crippen molar-refractivity contribution in [1.82, 2.24) is 9.97 Å². The van der Waals surface area contributed by atoms with Crippen molar-refractivity contribution in [2.75, 3.05) is 30.8 Å². The molecule has 0 bridgehead atoms. The number of ether oxygens (including phenoxy) is 1. The molecule has 0 radical (unpaired) electrons. The van der Waals surface area contributed by atoms with Crippen LogP contribution in [-0.2, 0) is 9.53 Å². The second-order valence-electron chi connectivity index (χ2n) is 3.16. The van der Waals surface area contributed by atoms with Gasteiger partial charge in [-0.3, -0.25) is 14.9 Å². The summed E-state index contributed by atoms with van der Waals surface area (Å²) in [7, 11) is 0. The number of aromatic nitrogens is 2. The largest absolute Gasteiger partial charge is 0.370 e. The predicted octanol–water partition coefficient (Wildman–Crippen LogP) is -1.12. The molecule has 0 aliphatic heterocycles. The van der Waals surface area contributed by atoms with Crippen molar-refractivity contribution in [1.29, 1.82) is 0 Å².